The van der Waals surface area contributed by atoms with E-state index in [1.807, 2.05) is 30.3 Å². The first-order valence-electron chi connectivity index (χ1n) is 8.42. The van der Waals surface area contributed by atoms with E-state index in [0.29, 0.717) is 41.1 Å². The minimum absolute atomic E-state index is 0.112. The third-order valence-electron chi connectivity index (χ3n) is 3.88. The van der Waals surface area contributed by atoms with E-state index in [1.54, 1.807) is 7.11 Å². The number of ether oxygens (including phenoxy) is 1. The molecule has 0 spiro atoms. The zero-order valence-electron chi connectivity index (χ0n) is 14.8. The standard InChI is InChI=1S/C19H20N2O4S2/c1-25-9-5-8-20-18(24)15-16-17(13(22)10-14(23)21-16)27-19(15)26-11-12-6-3-2-4-7-12/h2-4,6-7,10H,5,8-9,11H2,1H3,(H,20,24)(H2,21,22,23). The van der Waals surface area contributed by atoms with Crippen molar-refractivity contribution in [1.29, 1.82) is 0 Å². The molecule has 1 amide bonds. The smallest absolute Gasteiger partial charge is 0.255 e. The Balaban J connectivity index is 1.92. The Hall–Kier alpha value is -2.29. The Bertz CT molecular complexity index is 983. The van der Waals surface area contributed by atoms with Gasteiger partial charge in [-0.05, 0) is 12.0 Å². The van der Waals surface area contributed by atoms with Gasteiger partial charge in [0, 0.05) is 32.1 Å². The van der Waals surface area contributed by atoms with Crippen LogP contribution in [0.3, 0.4) is 0 Å². The summed E-state index contributed by atoms with van der Waals surface area (Å²) in [5.74, 6) is 0.302. The number of nitrogens with one attached hydrogen (secondary N) is 2. The lowest BCUT2D eigenvalue weighted by molar-refractivity contribution is 0.0948. The van der Waals surface area contributed by atoms with Gasteiger partial charge >= 0.3 is 0 Å². The first-order valence-corrected chi connectivity index (χ1v) is 10.2. The minimum Gasteiger partial charge on any atom is -0.506 e. The summed E-state index contributed by atoms with van der Waals surface area (Å²) < 4.78 is 6.26. The molecule has 0 unspecified atom stereocenters. The Kier molecular flexibility index (Phi) is 6.54. The molecule has 2 heterocycles. The highest BCUT2D eigenvalue weighted by atomic mass is 32.2. The summed E-state index contributed by atoms with van der Waals surface area (Å²) in [6, 6.07) is 11.1. The fraction of sp³-hybridized carbons (Fsp3) is 0.263. The molecule has 3 N–H and O–H groups in total. The van der Waals surface area contributed by atoms with Gasteiger partial charge in [0.2, 0.25) is 0 Å². The maximum Gasteiger partial charge on any atom is 0.255 e. The van der Waals surface area contributed by atoms with Crippen LogP contribution in [0.2, 0.25) is 0 Å². The maximum absolute atomic E-state index is 12.8. The third kappa shape index (κ3) is 4.71. The molecule has 142 valence electrons. The van der Waals surface area contributed by atoms with Crippen LogP contribution in [-0.2, 0) is 10.5 Å². The van der Waals surface area contributed by atoms with Crippen molar-refractivity contribution in [3.05, 3.63) is 57.9 Å². The van der Waals surface area contributed by atoms with Gasteiger partial charge in [-0.15, -0.1) is 23.1 Å². The molecule has 1 aromatic carbocycles. The van der Waals surface area contributed by atoms with Gasteiger partial charge in [-0.2, -0.15) is 0 Å². The first-order chi connectivity index (χ1) is 13.1. The molecule has 0 aliphatic heterocycles. The van der Waals surface area contributed by atoms with E-state index >= 15 is 0 Å². The zero-order valence-corrected chi connectivity index (χ0v) is 16.4. The third-order valence-corrected chi connectivity index (χ3v) is 6.43. The Labute approximate surface area is 164 Å². The second-order valence-corrected chi connectivity index (χ2v) is 8.13. The van der Waals surface area contributed by atoms with Crippen molar-refractivity contribution in [1.82, 2.24) is 10.3 Å². The molecule has 0 aliphatic carbocycles. The zero-order chi connectivity index (χ0) is 19.2. The summed E-state index contributed by atoms with van der Waals surface area (Å²) in [5.41, 5.74) is 1.47. The van der Waals surface area contributed by atoms with Crippen molar-refractivity contribution < 1.29 is 14.6 Å². The summed E-state index contributed by atoms with van der Waals surface area (Å²) in [6.07, 6.45) is 0.693. The number of hydrogen-bond acceptors (Lipinski definition) is 6. The van der Waals surface area contributed by atoms with E-state index in [-0.39, 0.29) is 11.7 Å². The number of benzene rings is 1. The number of carbonyl (C=O) groups is 1. The maximum atomic E-state index is 12.8. The van der Waals surface area contributed by atoms with Gasteiger partial charge in [0.15, 0.2) is 0 Å². The van der Waals surface area contributed by atoms with Crippen LogP contribution < -0.4 is 10.9 Å². The predicted molar refractivity (Wildman–Crippen MR) is 109 cm³/mol. The monoisotopic (exact) mass is 404 g/mol. The molecule has 0 bridgehead atoms. The summed E-state index contributed by atoms with van der Waals surface area (Å²) in [4.78, 5) is 27.3. The van der Waals surface area contributed by atoms with E-state index in [9.17, 15) is 14.7 Å². The van der Waals surface area contributed by atoms with Crippen LogP contribution in [0.4, 0.5) is 0 Å². The second-order valence-electron chi connectivity index (χ2n) is 5.86. The Morgan fingerprint density at radius 3 is 2.85 bits per heavy atom. The van der Waals surface area contributed by atoms with Crippen LogP contribution >= 0.6 is 23.1 Å². The molecule has 0 fully saturated rings. The molecule has 3 rings (SSSR count). The predicted octanol–water partition coefficient (Wildman–Crippen LogP) is 3.35. The van der Waals surface area contributed by atoms with Gasteiger partial charge in [-0.1, -0.05) is 30.3 Å². The van der Waals surface area contributed by atoms with Gasteiger partial charge in [0.1, 0.15) is 5.75 Å². The lowest BCUT2D eigenvalue weighted by Crippen LogP contribution is -2.25. The van der Waals surface area contributed by atoms with Crippen LogP contribution in [0.1, 0.15) is 22.3 Å². The number of aromatic amines is 1. The molecular weight excluding hydrogens is 384 g/mol. The number of rotatable bonds is 8. The van der Waals surface area contributed by atoms with Gasteiger partial charge in [0.05, 0.1) is 20.0 Å². The number of H-pyrrole nitrogens is 1. The molecule has 6 nitrogen and oxygen atoms in total. The number of pyridine rings is 1. The van der Waals surface area contributed by atoms with Crippen molar-refractivity contribution in [3.8, 4) is 5.75 Å². The fourth-order valence-corrected chi connectivity index (χ4v) is 4.99. The van der Waals surface area contributed by atoms with Crippen LogP contribution in [0.15, 0.2) is 45.4 Å². The highest BCUT2D eigenvalue weighted by Gasteiger charge is 2.22. The van der Waals surface area contributed by atoms with E-state index in [0.717, 1.165) is 15.8 Å². The molecule has 0 atom stereocenters. The van der Waals surface area contributed by atoms with Gasteiger partial charge in [-0.25, -0.2) is 0 Å². The van der Waals surface area contributed by atoms with Gasteiger partial charge < -0.3 is 20.1 Å². The number of amides is 1. The number of carbonyl (C=O) groups excluding carboxylic acids is 1. The highest BCUT2D eigenvalue weighted by molar-refractivity contribution is 8.00. The summed E-state index contributed by atoms with van der Waals surface area (Å²) in [5, 5.41) is 13.0. The van der Waals surface area contributed by atoms with Crippen molar-refractivity contribution >= 4 is 39.2 Å². The van der Waals surface area contributed by atoms with E-state index < -0.39 is 5.56 Å². The van der Waals surface area contributed by atoms with Crippen molar-refractivity contribution in [2.24, 2.45) is 0 Å². The molecule has 2 aromatic heterocycles. The fourth-order valence-electron chi connectivity index (χ4n) is 2.60. The number of thiophene rings is 1. The Morgan fingerprint density at radius 2 is 2.11 bits per heavy atom. The average molecular weight is 405 g/mol. The molecule has 0 radical (unpaired) electrons. The molecule has 3 aromatic rings. The van der Waals surface area contributed by atoms with E-state index in [4.69, 9.17) is 4.74 Å². The molecule has 8 heteroatoms. The highest BCUT2D eigenvalue weighted by Crippen LogP contribution is 2.41. The molecular formula is C19H20N2O4S2. The van der Waals surface area contributed by atoms with E-state index in [2.05, 4.69) is 10.3 Å². The Morgan fingerprint density at radius 1 is 1.33 bits per heavy atom. The summed E-state index contributed by atoms with van der Waals surface area (Å²) >= 11 is 2.82. The number of fused-ring (bicyclic) bond motifs is 1. The largest absolute Gasteiger partial charge is 0.506 e. The van der Waals surface area contributed by atoms with Crippen LogP contribution in [-0.4, -0.2) is 36.3 Å². The second kappa shape index (κ2) is 9.07. The first kappa shape index (κ1) is 19.5. The van der Waals surface area contributed by atoms with Gasteiger partial charge in [0.25, 0.3) is 11.5 Å². The van der Waals surface area contributed by atoms with Crippen LogP contribution in [0.5, 0.6) is 5.75 Å². The normalized spacial score (nSPS) is 11.0. The van der Waals surface area contributed by atoms with Crippen molar-refractivity contribution in [2.75, 3.05) is 20.3 Å². The van der Waals surface area contributed by atoms with E-state index in [1.165, 1.54) is 23.1 Å². The number of hydrogen-bond donors (Lipinski definition) is 3. The quantitative estimate of drug-likeness (QED) is 0.396. The molecule has 0 saturated carbocycles. The molecule has 27 heavy (non-hydrogen) atoms. The van der Waals surface area contributed by atoms with Crippen molar-refractivity contribution in [2.45, 2.75) is 16.4 Å². The summed E-state index contributed by atoms with van der Waals surface area (Å²) in [6.45, 7) is 1.02. The SMILES string of the molecule is COCCCNC(=O)c1c(SCc2ccccc2)sc2c(O)cc(=O)[nH]c12. The van der Waals surface area contributed by atoms with Crippen molar-refractivity contribution in [3.63, 3.8) is 0 Å². The number of thioether (sulfide) groups is 1. The number of aromatic nitrogens is 1. The average Bonchev–Trinajstić information content (AvgIpc) is 3.03. The van der Waals surface area contributed by atoms with Crippen LogP contribution in [0.25, 0.3) is 10.2 Å². The molecule has 0 saturated heterocycles. The lowest BCUT2D eigenvalue weighted by Gasteiger charge is -2.07. The van der Waals surface area contributed by atoms with Gasteiger partial charge in [-0.3, -0.25) is 9.59 Å². The topological polar surface area (TPSA) is 91.4 Å². The summed E-state index contributed by atoms with van der Waals surface area (Å²) in [7, 11) is 1.61. The number of methoxy groups -OCH3 is 1. The minimum atomic E-state index is -0.439. The number of aromatic hydroxyl groups is 1. The molecule has 0 aliphatic rings. The van der Waals surface area contributed by atoms with Crippen LogP contribution in [0, 0.1) is 0 Å². The lowest BCUT2D eigenvalue weighted by atomic mass is 10.2.